The predicted molar refractivity (Wildman–Crippen MR) is 77.9 cm³/mol. The first-order valence-corrected chi connectivity index (χ1v) is 7.25. The summed E-state index contributed by atoms with van der Waals surface area (Å²) in [4.78, 5) is 8.28. The molecule has 1 heterocycles. The molecule has 0 bridgehead atoms. The second-order valence-electron chi connectivity index (χ2n) is 5.13. The number of ether oxygens (including phenoxy) is 2. The van der Waals surface area contributed by atoms with Gasteiger partial charge in [0.05, 0.1) is 25.6 Å². The molecule has 1 aliphatic carbocycles. The third-order valence-corrected chi connectivity index (χ3v) is 3.52. The highest BCUT2D eigenvalue weighted by Crippen LogP contribution is 2.19. The quantitative estimate of drug-likeness (QED) is 0.738. The number of nitrogens with one attached hydrogen (secondary N) is 1. The van der Waals surface area contributed by atoms with Gasteiger partial charge in [-0.15, -0.1) is 0 Å². The van der Waals surface area contributed by atoms with Crippen molar-refractivity contribution in [3.63, 3.8) is 0 Å². The van der Waals surface area contributed by atoms with E-state index in [4.69, 9.17) is 15.2 Å². The van der Waals surface area contributed by atoms with Crippen LogP contribution in [0.1, 0.15) is 32.1 Å². The van der Waals surface area contributed by atoms with Gasteiger partial charge >= 0.3 is 0 Å². The Morgan fingerprint density at radius 1 is 1.30 bits per heavy atom. The van der Waals surface area contributed by atoms with Crippen molar-refractivity contribution in [1.82, 2.24) is 9.97 Å². The first kappa shape index (κ1) is 15.0. The first-order chi connectivity index (χ1) is 9.78. The molecule has 112 valence electrons. The predicted octanol–water partition coefficient (Wildman–Crippen LogP) is 1.57. The van der Waals surface area contributed by atoms with Crippen LogP contribution < -0.4 is 15.8 Å². The van der Waals surface area contributed by atoms with Gasteiger partial charge in [0.2, 0.25) is 5.88 Å². The molecule has 0 aliphatic heterocycles. The smallest absolute Gasteiger partial charge is 0.233 e. The van der Waals surface area contributed by atoms with Crippen LogP contribution in [0.4, 0.5) is 5.82 Å². The lowest BCUT2D eigenvalue weighted by atomic mass is 9.94. The topological polar surface area (TPSA) is 82.3 Å². The Balaban J connectivity index is 1.57. The minimum Gasteiger partial charge on any atom is -0.480 e. The molecule has 0 amide bonds. The van der Waals surface area contributed by atoms with Gasteiger partial charge in [-0.1, -0.05) is 0 Å². The number of rotatable bonds is 7. The van der Waals surface area contributed by atoms with E-state index < -0.39 is 0 Å². The number of methoxy groups -OCH3 is 1. The minimum absolute atomic E-state index is 0.378. The second-order valence-corrected chi connectivity index (χ2v) is 5.13. The van der Waals surface area contributed by atoms with Crippen molar-refractivity contribution < 1.29 is 9.47 Å². The lowest BCUT2D eigenvalue weighted by molar-refractivity contribution is 0.0251. The van der Waals surface area contributed by atoms with Crippen molar-refractivity contribution >= 4 is 5.82 Å². The average molecular weight is 280 g/mol. The van der Waals surface area contributed by atoms with E-state index in [0.29, 0.717) is 18.0 Å². The Morgan fingerprint density at radius 2 is 2.10 bits per heavy atom. The summed E-state index contributed by atoms with van der Waals surface area (Å²) in [7, 11) is 1.58. The molecule has 1 fully saturated rings. The summed E-state index contributed by atoms with van der Waals surface area (Å²) in [5.74, 6) is 1.25. The monoisotopic (exact) mass is 280 g/mol. The molecule has 6 nitrogen and oxygen atoms in total. The van der Waals surface area contributed by atoms with E-state index in [1.165, 1.54) is 0 Å². The molecule has 0 aromatic carbocycles. The maximum absolute atomic E-state index is 5.87. The van der Waals surface area contributed by atoms with Gasteiger partial charge < -0.3 is 20.5 Å². The van der Waals surface area contributed by atoms with Crippen molar-refractivity contribution in [3.05, 3.63) is 12.4 Å². The molecule has 1 aromatic heterocycles. The molecular formula is C14H24N4O2. The standard InChI is InChI=1S/C14H24N4O2/c1-19-14-10-16-9-13(18-14)17-7-2-8-20-12-5-3-11(15)4-6-12/h9-12H,2-8,15H2,1H3,(H,17,18). The van der Waals surface area contributed by atoms with Crippen molar-refractivity contribution in [3.8, 4) is 5.88 Å². The lowest BCUT2D eigenvalue weighted by Gasteiger charge is -2.26. The molecule has 1 aliphatic rings. The van der Waals surface area contributed by atoms with Crippen molar-refractivity contribution in [2.75, 3.05) is 25.6 Å². The van der Waals surface area contributed by atoms with Crippen molar-refractivity contribution in [1.29, 1.82) is 0 Å². The van der Waals surface area contributed by atoms with Crippen molar-refractivity contribution in [2.24, 2.45) is 5.73 Å². The van der Waals surface area contributed by atoms with Gasteiger partial charge in [0.15, 0.2) is 0 Å². The molecule has 2 rings (SSSR count). The zero-order chi connectivity index (χ0) is 14.2. The van der Waals surface area contributed by atoms with Crippen LogP contribution in [0.3, 0.4) is 0 Å². The largest absolute Gasteiger partial charge is 0.480 e. The Hall–Kier alpha value is -1.40. The fourth-order valence-electron chi connectivity index (χ4n) is 2.33. The van der Waals surface area contributed by atoms with Gasteiger partial charge in [0.25, 0.3) is 0 Å². The number of hydrogen-bond acceptors (Lipinski definition) is 6. The number of anilines is 1. The van der Waals surface area contributed by atoms with Crippen LogP contribution in [0.5, 0.6) is 5.88 Å². The van der Waals surface area contributed by atoms with E-state index in [1.54, 1.807) is 19.5 Å². The van der Waals surface area contributed by atoms with Gasteiger partial charge in [-0.2, -0.15) is 4.98 Å². The summed E-state index contributed by atoms with van der Waals surface area (Å²) < 4.78 is 10.9. The van der Waals surface area contributed by atoms with Gasteiger partial charge in [0.1, 0.15) is 5.82 Å². The summed E-state index contributed by atoms with van der Waals surface area (Å²) in [5.41, 5.74) is 5.87. The number of nitrogens with two attached hydrogens (primary N) is 1. The fourth-order valence-corrected chi connectivity index (χ4v) is 2.33. The molecular weight excluding hydrogens is 256 g/mol. The van der Waals surface area contributed by atoms with Crippen LogP contribution in [-0.2, 0) is 4.74 Å². The van der Waals surface area contributed by atoms with E-state index in [2.05, 4.69) is 15.3 Å². The summed E-state index contributed by atoms with van der Waals surface area (Å²) >= 11 is 0. The van der Waals surface area contributed by atoms with Crippen LogP contribution in [0, 0.1) is 0 Å². The third-order valence-electron chi connectivity index (χ3n) is 3.52. The molecule has 1 saturated carbocycles. The highest BCUT2D eigenvalue weighted by Gasteiger charge is 2.18. The molecule has 0 saturated heterocycles. The highest BCUT2D eigenvalue weighted by molar-refractivity contribution is 5.32. The number of aromatic nitrogens is 2. The number of nitrogens with zero attached hydrogens (tertiary/aromatic N) is 2. The molecule has 0 spiro atoms. The average Bonchev–Trinajstić information content (AvgIpc) is 2.49. The fraction of sp³-hybridized carbons (Fsp3) is 0.714. The van der Waals surface area contributed by atoms with E-state index in [1.807, 2.05) is 0 Å². The van der Waals surface area contributed by atoms with Crippen molar-refractivity contribution in [2.45, 2.75) is 44.2 Å². The summed E-state index contributed by atoms with van der Waals surface area (Å²) in [6.45, 7) is 1.58. The molecule has 1 aromatic rings. The van der Waals surface area contributed by atoms with Gasteiger partial charge in [0, 0.05) is 19.2 Å². The van der Waals surface area contributed by atoms with Crippen LogP contribution in [-0.4, -0.2) is 42.4 Å². The third kappa shape index (κ3) is 4.94. The molecule has 0 unspecified atom stereocenters. The van der Waals surface area contributed by atoms with E-state index in [0.717, 1.165) is 51.1 Å². The second kappa shape index (κ2) is 8.01. The van der Waals surface area contributed by atoms with Gasteiger partial charge in [-0.05, 0) is 32.1 Å². The van der Waals surface area contributed by atoms with Gasteiger partial charge in [-0.25, -0.2) is 0 Å². The van der Waals surface area contributed by atoms with E-state index in [-0.39, 0.29) is 0 Å². The summed E-state index contributed by atoms with van der Waals surface area (Å²) in [6, 6.07) is 0.378. The SMILES string of the molecule is COc1cncc(NCCCOC2CCC(N)CC2)n1. The highest BCUT2D eigenvalue weighted by atomic mass is 16.5. The lowest BCUT2D eigenvalue weighted by Crippen LogP contribution is -2.30. The Kier molecular flexibility index (Phi) is 6.01. The Bertz CT molecular complexity index is 395. The zero-order valence-electron chi connectivity index (χ0n) is 12.0. The number of hydrogen-bond donors (Lipinski definition) is 2. The van der Waals surface area contributed by atoms with Crippen LogP contribution in [0.2, 0.25) is 0 Å². The normalized spacial score (nSPS) is 22.5. The molecule has 20 heavy (non-hydrogen) atoms. The zero-order valence-corrected chi connectivity index (χ0v) is 12.0. The van der Waals surface area contributed by atoms with Crippen LogP contribution in [0.15, 0.2) is 12.4 Å². The molecule has 6 heteroatoms. The van der Waals surface area contributed by atoms with E-state index >= 15 is 0 Å². The maximum Gasteiger partial charge on any atom is 0.233 e. The van der Waals surface area contributed by atoms with Crippen LogP contribution >= 0.6 is 0 Å². The Labute approximate surface area is 120 Å². The molecule has 3 N–H and O–H groups in total. The first-order valence-electron chi connectivity index (χ1n) is 7.25. The van der Waals surface area contributed by atoms with E-state index in [9.17, 15) is 0 Å². The summed E-state index contributed by atoms with van der Waals surface area (Å²) in [5, 5.41) is 3.21. The maximum atomic E-state index is 5.87. The van der Waals surface area contributed by atoms with Gasteiger partial charge in [-0.3, -0.25) is 4.98 Å². The van der Waals surface area contributed by atoms with Crippen LogP contribution in [0.25, 0.3) is 0 Å². The minimum atomic E-state index is 0.378. The summed E-state index contributed by atoms with van der Waals surface area (Å²) in [6.07, 6.45) is 8.97. The Morgan fingerprint density at radius 3 is 2.85 bits per heavy atom. The molecule has 0 atom stereocenters. The molecule has 0 radical (unpaired) electrons.